The number of halogens is 2. The normalized spacial score (nSPS) is 11.0. The first-order valence-corrected chi connectivity index (χ1v) is 12.6. The van der Waals surface area contributed by atoms with Crippen molar-refractivity contribution in [1.82, 2.24) is 0 Å². The summed E-state index contributed by atoms with van der Waals surface area (Å²) in [7, 11) is -1.61. The van der Waals surface area contributed by atoms with Crippen LogP contribution < -0.4 is 32.9 Å². The molecule has 0 aliphatic carbocycles. The molecule has 3 aromatic rings. The molecule has 0 spiro atoms. The lowest BCUT2D eigenvalue weighted by molar-refractivity contribution is -0.00000502. The molecule has 0 amide bonds. The highest BCUT2D eigenvalue weighted by atomic mass is 79.9. The first-order valence-electron chi connectivity index (χ1n) is 9.49. The van der Waals surface area contributed by atoms with E-state index in [2.05, 4.69) is 107 Å². The average Bonchev–Trinajstić information content (AvgIpc) is 2.73. The Balaban J connectivity index is 0.00000261. The fraction of sp³-hybridized carbons (Fsp3) is 0.250. The first-order chi connectivity index (χ1) is 12.9. The molecule has 27 heavy (non-hydrogen) atoms. The molecule has 0 saturated heterocycles. The van der Waals surface area contributed by atoms with Crippen molar-refractivity contribution in [3.05, 3.63) is 91.0 Å². The molecule has 0 aliphatic rings. The van der Waals surface area contributed by atoms with Crippen LogP contribution in [0.4, 0.5) is 0 Å². The van der Waals surface area contributed by atoms with Crippen LogP contribution in [0, 0.1) is 0 Å². The van der Waals surface area contributed by atoms with Gasteiger partial charge in [0.15, 0.2) is 0 Å². The molecule has 0 unspecified atom stereocenters. The van der Waals surface area contributed by atoms with Crippen molar-refractivity contribution in [2.24, 2.45) is 0 Å². The number of benzene rings is 3. The van der Waals surface area contributed by atoms with Crippen molar-refractivity contribution in [3.63, 3.8) is 0 Å². The van der Waals surface area contributed by atoms with Crippen LogP contribution in [-0.4, -0.2) is 11.5 Å². The molecule has 0 fully saturated rings. The Morgan fingerprint density at radius 2 is 0.889 bits per heavy atom. The Labute approximate surface area is 183 Å². The second kappa shape index (κ2) is 11.8. The molecular formula is C24H27Br2P. The highest BCUT2D eigenvalue weighted by Crippen LogP contribution is 2.55. The predicted octanol–water partition coefficient (Wildman–Crippen LogP) is 2.94. The minimum absolute atomic E-state index is 0. The third-order valence-electron chi connectivity index (χ3n) is 4.97. The van der Waals surface area contributed by atoms with Crippen LogP contribution in [0.25, 0.3) is 0 Å². The Bertz CT molecular complexity index is 663. The minimum atomic E-state index is -1.61. The van der Waals surface area contributed by atoms with E-state index in [-0.39, 0.29) is 17.0 Å². The number of unbranched alkanes of at least 4 members (excludes halogenated alkanes) is 3. The van der Waals surface area contributed by atoms with Gasteiger partial charge in [0.05, 0.1) is 6.16 Å². The van der Waals surface area contributed by atoms with E-state index in [4.69, 9.17) is 0 Å². The molecule has 0 bridgehead atoms. The third-order valence-corrected chi connectivity index (χ3v) is 10.1. The van der Waals surface area contributed by atoms with Crippen LogP contribution in [0.3, 0.4) is 0 Å². The van der Waals surface area contributed by atoms with E-state index in [0.717, 1.165) is 5.33 Å². The Kier molecular flexibility index (Phi) is 9.76. The average molecular weight is 506 g/mol. The molecule has 0 atom stereocenters. The summed E-state index contributed by atoms with van der Waals surface area (Å²) in [4.78, 5) is 0. The van der Waals surface area contributed by atoms with Gasteiger partial charge < -0.3 is 17.0 Å². The lowest BCUT2D eigenvalue weighted by Crippen LogP contribution is -3.00. The number of alkyl halides is 1. The second-order valence-corrected chi connectivity index (χ2v) is 11.1. The molecule has 0 saturated carbocycles. The van der Waals surface area contributed by atoms with Gasteiger partial charge in [0.25, 0.3) is 0 Å². The number of hydrogen-bond donors (Lipinski definition) is 0. The van der Waals surface area contributed by atoms with Crippen LogP contribution in [0.1, 0.15) is 25.7 Å². The van der Waals surface area contributed by atoms with E-state index < -0.39 is 7.26 Å². The van der Waals surface area contributed by atoms with Crippen molar-refractivity contribution in [3.8, 4) is 0 Å². The first kappa shape index (κ1) is 22.3. The van der Waals surface area contributed by atoms with E-state index in [0.29, 0.717) is 0 Å². The highest BCUT2D eigenvalue weighted by molar-refractivity contribution is 9.09. The maximum atomic E-state index is 3.56. The van der Waals surface area contributed by atoms with Gasteiger partial charge in [-0.15, -0.1) is 0 Å². The molecule has 3 rings (SSSR count). The highest BCUT2D eigenvalue weighted by Gasteiger charge is 2.44. The molecule has 3 aromatic carbocycles. The lowest BCUT2D eigenvalue weighted by atomic mass is 10.2. The second-order valence-electron chi connectivity index (χ2n) is 6.64. The fourth-order valence-electron chi connectivity index (χ4n) is 3.68. The monoisotopic (exact) mass is 504 g/mol. The number of hydrogen-bond acceptors (Lipinski definition) is 0. The Hall–Kier alpha value is -0.950. The molecule has 0 N–H and O–H groups in total. The van der Waals surface area contributed by atoms with Crippen LogP contribution in [0.2, 0.25) is 0 Å². The van der Waals surface area contributed by atoms with E-state index in [1.807, 2.05) is 0 Å². The maximum absolute atomic E-state index is 3.56. The van der Waals surface area contributed by atoms with Gasteiger partial charge >= 0.3 is 0 Å². The van der Waals surface area contributed by atoms with Crippen LogP contribution >= 0.6 is 23.2 Å². The van der Waals surface area contributed by atoms with E-state index in [9.17, 15) is 0 Å². The molecular weight excluding hydrogens is 479 g/mol. The quantitative estimate of drug-likeness (QED) is 0.238. The summed E-state index contributed by atoms with van der Waals surface area (Å²) in [6, 6.07) is 33.6. The van der Waals surface area contributed by atoms with Gasteiger partial charge in [-0.25, -0.2) is 0 Å². The zero-order valence-electron chi connectivity index (χ0n) is 15.6. The topological polar surface area (TPSA) is 0 Å². The van der Waals surface area contributed by atoms with Crippen LogP contribution in [-0.2, 0) is 0 Å². The van der Waals surface area contributed by atoms with Crippen molar-refractivity contribution >= 4 is 39.1 Å². The number of rotatable bonds is 9. The summed E-state index contributed by atoms with van der Waals surface area (Å²) in [5.74, 6) is 0. The largest absolute Gasteiger partial charge is 1.00 e. The van der Waals surface area contributed by atoms with Gasteiger partial charge in [0.1, 0.15) is 23.2 Å². The molecule has 0 aromatic heterocycles. The lowest BCUT2D eigenvalue weighted by Gasteiger charge is -2.27. The van der Waals surface area contributed by atoms with E-state index in [1.54, 1.807) is 0 Å². The van der Waals surface area contributed by atoms with Crippen molar-refractivity contribution in [1.29, 1.82) is 0 Å². The summed E-state index contributed by atoms with van der Waals surface area (Å²) >= 11 is 3.56. The van der Waals surface area contributed by atoms with Crippen molar-refractivity contribution in [2.45, 2.75) is 25.7 Å². The summed E-state index contributed by atoms with van der Waals surface area (Å²) in [6.45, 7) is 0. The molecule has 3 heteroatoms. The molecule has 0 aliphatic heterocycles. The molecule has 0 radical (unpaired) electrons. The van der Waals surface area contributed by atoms with Gasteiger partial charge in [-0.3, -0.25) is 0 Å². The standard InChI is InChI=1S/C24H27BrP.BrH/c25-20-12-1-2-13-21-26(22-14-6-3-7-15-22,23-16-8-4-9-17-23)24-18-10-5-11-19-24;/h3-11,14-19H,1-2,12-13,20-21H2;1H/q+1;/p-1. The van der Waals surface area contributed by atoms with Gasteiger partial charge in [0, 0.05) is 5.33 Å². The van der Waals surface area contributed by atoms with E-state index >= 15 is 0 Å². The fourth-order valence-corrected chi connectivity index (χ4v) is 8.49. The summed E-state index contributed by atoms with van der Waals surface area (Å²) in [5.41, 5.74) is 0. The Morgan fingerprint density at radius 1 is 0.519 bits per heavy atom. The SMILES string of the molecule is BrCCCCCC[P+](c1ccccc1)(c1ccccc1)c1ccccc1.[Br-]. The minimum Gasteiger partial charge on any atom is -1.00 e. The molecule has 0 nitrogen and oxygen atoms in total. The van der Waals surface area contributed by atoms with Gasteiger partial charge in [-0.1, -0.05) is 76.9 Å². The zero-order chi connectivity index (χ0) is 18.1. The summed E-state index contributed by atoms with van der Waals surface area (Å²) in [6.07, 6.45) is 6.41. The van der Waals surface area contributed by atoms with Crippen LogP contribution in [0.5, 0.6) is 0 Å². The smallest absolute Gasteiger partial charge is 0.112 e. The Morgan fingerprint density at radius 3 is 1.26 bits per heavy atom. The summed E-state index contributed by atoms with van der Waals surface area (Å²) in [5, 5.41) is 5.61. The maximum Gasteiger partial charge on any atom is 0.112 e. The van der Waals surface area contributed by atoms with Crippen LogP contribution in [0.15, 0.2) is 91.0 Å². The van der Waals surface area contributed by atoms with Crippen molar-refractivity contribution in [2.75, 3.05) is 11.5 Å². The van der Waals surface area contributed by atoms with Gasteiger partial charge in [-0.2, -0.15) is 0 Å². The predicted molar refractivity (Wildman–Crippen MR) is 122 cm³/mol. The van der Waals surface area contributed by atoms with Gasteiger partial charge in [-0.05, 0) is 55.7 Å². The molecule has 142 valence electrons. The zero-order valence-corrected chi connectivity index (χ0v) is 19.7. The van der Waals surface area contributed by atoms with Gasteiger partial charge in [0.2, 0.25) is 0 Å². The van der Waals surface area contributed by atoms with Crippen molar-refractivity contribution < 1.29 is 17.0 Å². The van der Waals surface area contributed by atoms with E-state index in [1.165, 1.54) is 47.8 Å². The molecule has 0 heterocycles. The third kappa shape index (κ3) is 5.53. The summed E-state index contributed by atoms with van der Waals surface area (Å²) < 4.78 is 0.